The highest BCUT2D eigenvalue weighted by molar-refractivity contribution is 5.80. The first-order chi connectivity index (χ1) is 9.11. The number of rotatable bonds is 5. The molecule has 1 saturated carbocycles. The fourth-order valence-corrected chi connectivity index (χ4v) is 2.89. The van der Waals surface area contributed by atoms with Crippen LogP contribution in [0.5, 0.6) is 0 Å². The molecule has 1 saturated heterocycles. The van der Waals surface area contributed by atoms with Crippen LogP contribution in [-0.4, -0.2) is 52.6 Å². The summed E-state index contributed by atoms with van der Waals surface area (Å²) in [5.41, 5.74) is 0. The van der Waals surface area contributed by atoms with E-state index in [2.05, 4.69) is 6.92 Å². The maximum absolute atomic E-state index is 12.4. The van der Waals surface area contributed by atoms with Crippen LogP contribution in [0.1, 0.15) is 45.4 Å². The fourth-order valence-electron chi connectivity index (χ4n) is 2.89. The first-order valence-corrected chi connectivity index (χ1v) is 7.39. The lowest BCUT2D eigenvalue weighted by molar-refractivity contribution is -0.137. The molecule has 2 aliphatic rings. The van der Waals surface area contributed by atoms with Gasteiger partial charge in [0.1, 0.15) is 6.54 Å². The minimum atomic E-state index is -0.916. The third kappa shape index (κ3) is 3.85. The van der Waals surface area contributed by atoms with E-state index in [0.29, 0.717) is 0 Å². The van der Waals surface area contributed by atoms with E-state index in [1.807, 2.05) is 4.90 Å². The van der Waals surface area contributed by atoms with Crippen LogP contribution < -0.4 is 0 Å². The molecule has 1 aliphatic heterocycles. The van der Waals surface area contributed by atoms with Gasteiger partial charge in [0.2, 0.25) is 0 Å². The van der Waals surface area contributed by atoms with Crippen LogP contribution in [-0.2, 0) is 4.79 Å². The largest absolute Gasteiger partial charge is 0.480 e. The van der Waals surface area contributed by atoms with Gasteiger partial charge in [0.25, 0.3) is 0 Å². The number of nitrogens with zero attached hydrogens (tertiary/aromatic N) is 2. The van der Waals surface area contributed by atoms with Gasteiger partial charge in [-0.3, -0.25) is 4.79 Å². The average Bonchev–Trinajstić information content (AvgIpc) is 3.20. The van der Waals surface area contributed by atoms with Crippen molar-refractivity contribution in [3.8, 4) is 0 Å². The zero-order chi connectivity index (χ0) is 13.8. The highest BCUT2D eigenvalue weighted by Gasteiger charge is 2.36. The Labute approximate surface area is 114 Å². The first kappa shape index (κ1) is 14.2. The summed E-state index contributed by atoms with van der Waals surface area (Å²) in [7, 11) is 0. The Balaban J connectivity index is 1.86. The van der Waals surface area contributed by atoms with Crippen molar-refractivity contribution < 1.29 is 14.7 Å². The number of urea groups is 1. The van der Waals surface area contributed by atoms with Crippen LogP contribution in [0.15, 0.2) is 0 Å². The minimum Gasteiger partial charge on any atom is -0.480 e. The van der Waals surface area contributed by atoms with Gasteiger partial charge in [-0.15, -0.1) is 0 Å². The highest BCUT2D eigenvalue weighted by atomic mass is 16.4. The van der Waals surface area contributed by atoms with Crippen LogP contribution in [0, 0.1) is 5.92 Å². The van der Waals surface area contributed by atoms with Gasteiger partial charge in [-0.1, -0.05) is 19.8 Å². The molecule has 5 heteroatoms. The number of likely N-dealkylation sites (tertiary alicyclic amines) is 1. The maximum atomic E-state index is 12.4. The Bertz CT molecular complexity index is 334. The zero-order valence-electron chi connectivity index (χ0n) is 11.7. The zero-order valence-corrected chi connectivity index (χ0v) is 11.7. The molecule has 0 unspecified atom stereocenters. The predicted octanol–water partition coefficient (Wildman–Crippen LogP) is 2.17. The number of carbonyl (C=O) groups is 2. The van der Waals surface area contributed by atoms with E-state index >= 15 is 0 Å². The lowest BCUT2D eigenvalue weighted by atomic mass is 9.93. The third-order valence-corrected chi connectivity index (χ3v) is 4.12. The molecule has 108 valence electrons. The van der Waals surface area contributed by atoms with Crippen LogP contribution in [0.4, 0.5) is 4.79 Å². The van der Waals surface area contributed by atoms with Crippen molar-refractivity contribution in [2.75, 3.05) is 19.6 Å². The Morgan fingerprint density at radius 2 is 1.84 bits per heavy atom. The molecule has 1 N–H and O–H groups in total. The van der Waals surface area contributed by atoms with Gasteiger partial charge in [-0.05, 0) is 31.6 Å². The predicted molar refractivity (Wildman–Crippen MR) is 72.0 cm³/mol. The van der Waals surface area contributed by atoms with Gasteiger partial charge in [0.15, 0.2) is 0 Å². The SMILES string of the molecule is CCCC1CCN(C(=O)N(CC(=O)O)C2CC2)CC1. The molecule has 2 rings (SSSR count). The molecular formula is C14H24N2O3. The van der Waals surface area contributed by atoms with Crippen LogP contribution in [0.3, 0.4) is 0 Å². The second kappa shape index (κ2) is 6.26. The molecule has 2 amide bonds. The minimum absolute atomic E-state index is 0.0696. The molecule has 0 aromatic heterocycles. The van der Waals surface area contributed by atoms with E-state index in [-0.39, 0.29) is 18.6 Å². The Morgan fingerprint density at radius 3 is 2.32 bits per heavy atom. The van der Waals surface area contributed by atoms with E-state index in [1.54, 1.807) is 4.90 Å². The van der Waals surface area contributed by atoms with Gasteiger partial charge >= 0.3 is 12.0 Å². The number of amides is 2. The summed E-state index contributed by atoms with van der Waals surface area (Å²) in [5.74, 6) is -0.177. The Morgan fingerprint density at radius 1 is 1.21 bits per heavy atom. The number of piperidine rings is 1. The lowest BCUT2D eigenvalue weighted by Gasteiger charge is -2.35. The number of hydrogen-bond acceptors (Lipinski definition) is 2. The number of carboxylic acids is 1. The summed E-state index contributed by atoms with van der Waals surface area (Å²) in [4.78, 5) is 26.6. The average molecular weight is 268 g/mol. The summed E-state index contributed by atoms with van der Waals surface area (Å²) >= 11 is 0. The topological polar surface area (TPSA) is 60.9 Å². The lowest BCUT2D eigenvalue weighted by Crippen LogP contribution is -2.49. The van der Waals surface area contributed by atoms with Crippen molar-refractivity contribution in [1.29, 1.82) is 0 Å². The second-order valence-electron chi connectivity index (χ2n) is 5.75. The monoisotopic (exact) mass is 268 g/mol. The normalized spacial score (nSPS) is 20.4. The van der Waals surface area contributed by atoms with Crippen molar-refractivity contribution in [2.45, 2.75) is 51.5 Å². The Kier molecular flexibility index (Phi) is 4.66. The number of carboxylic acid groups (broad SMARTS) is 1. The quantitative estimate of drug-likeness (QED) is 0.831. The molecule has 0 radical (unpaired) electrons. The van der Waals surface area contributed by atoms with Crippen molar-refractivity contribution in [2.24, 2.45) is 5.92 Å². The molecule has 0 aromatic rings. The van der Waals surface area contributed by atoms with Crippen LogP contribution in [0.2, 0.25) is 0 Å². The summed E-state index contributed by atoms with van der Waals surface area (Å²) in [6.07, 6.45) is 6.46. The number of carbonyl (C=O) groups excluding carboxylic acids is 1. The van der Waals surface area contributed by atoms with Gasteiger partial charge in [0.05, 0.1) is 0 Å². The van der Waals surface area contributed by atoms with Gasteiger partial charge < -0.3 is 14.9 Å². The van der Waals surface area contributed by atoms with Gasteiger partial charge in [-0.2, -0.15) is 0 Å². The van der Waals surface area contributed by atoms with Gasteiger partial charge in [-0.25, -0.2) is 4.79 Å². The molecule has 0 spiro atoms. The van der Waals surface area contributed by atoms with Crippen LogP contribution in [0.25, 0.3) is 0 Å². The molecule has 0 atom stereocenters. The molecule has 1 heterocycles. The Hall–Kier alpha value is -1.26. The molecule has 0 aromatic carbocycles. The first-order valence-electron chi connectivity index (χ1n) is 7.39. The molecular weight excluding hydrogens is 244 g/mol. The van der Waals surface area contributed by atoms with Crippen LogP contribution >= 0.6 is 0 Å². The standard InChI is InChI=1S/C14H24N2O3/c1-2-3-11-6-8-15(9-7-11)14(19)16(10-13(17)18)12-4-5-12/h11-12H,2-10H2,1H3,(H,17,18). The highest BCUT2D eigenvalue weighted by Crippen LogP contribution is 2.29. The molecule has 2 fully saturated rings. The van der Waals surface area contributed by atoms with Crippen molar-refractivity contribution in [3.05, 3.63) is 0 Å². The third-order valence-electron chi connectivity index (χ3n) is 4.12. The van der Waals surface area contributed by atoms with E-state index in [9.17, 15) is 9.59 Å². The van der Waals surface area contributed by atoms with Crippen molar-refractivity contribution in [1.82, 2.24) is 9.80 Å². The molecule has 1 aliphatic carbocycles. The second-order valence-corrected chi connectivity index (χ2v) is 5.75. The van der Waals surface area contributed by atoms with Gasteiger partial charge in [0, 0.05) is 19.1 Å². The van der Waals surface area contributed by atoms with E-state index < -0.39 is 5.97 Å². The van der Waals surface area contributed by atoms with Crippen molar-refractivity contribution in [3.63, 3.8) is 0 Å². The van der Waals surface area contributed by atoms with E-state index in [4.69, 9.17) is 5.11 Å². The van der Waals surface area contributed by atoms with E-state index in [0.717, 1.165) is 44.7 Å². The summed E-state index contributed by atoms with van der Waals surface area (Å²) in [6, 6.07) is 0.0943. The summed E-state index contributed by atoms with van der Waals surface area (Å²) in [5, 5.41) is 8.91. The fraction of sp³-hybridized carbons (Fsp3) is 0.857. The molecule has 19 heavy (non-hydrogen) atoms. The molecule has 0 bridgehead atoms. The van der Waals surface area contributed by atoms with Crippen molar-refractivity contribution >= 4 is 12.0 Å². The van der Waals surface area contributed by atoms with E-state index in [1.165, 1.54) is 12.8 Å². The smallest absolute Gasteiger partial charge is 0.323 e. The molecule has 5 nitrogen and oxygen atoms in total. The maximum Gasteiger partial charge on any atom is 0.323 e. The summed E-state index contributed by atoms with van der Waals surface area (Å²) < 4.78 is 0. The number of hydrogen-bond donors (Lipinski definition) is 1. The number of aliphatic carboxylic acids is 1. The summed E-state index contributed by atoms with van der Waals surface area (Å²) in [6.45, 7) is 3.61.